The molecule has 4 nitrogen and oxygen atoms in total. The van der Waals surface area contributed by atoms with Gasteiger partial charge in [-0.05, 0) is 29.0 Å². The van der Waals surface area contributed by atoms with Gasteiger partial charge in [0.2, 0.25) is 0 Å². The van der Waals surface area contributed by atoms with Gasteiger partial charge in [0.15, 0.2) is 0 Å². The topological polar surface area (TPSA) is 50.5 Å². The molecule has 2 aliphatic heterocycles. The van der Waals surface area contributed by atoms with Gasteiger partial charge < -0.3 is 0 Å². The Hall–Kier alpha value is -2.10. The minimum absolute atomic E-state index is 0.0262. The molecule has 0 atom stereocenters. The van der Waals surface area contributed by atoms with E-state index in [0.717, 1.165) is 37.2 Å². The zero-order chi connectivity index (χ0) is 20.6. The van der Waals surface area contributed by atoms with Gasteiger partial charge in [-0.3, -0.25) is 9.98 Å². The molecule has 0 saturated carbocycles. The average molecular weight is 379 g/mol. The van der Waals surface area contributed by atoms with Crippen LogP contribution in [0.25, 0.3) is 0 Å². The van der Waals surface area contributed by atoms with Crippen molar-refractivity contribution in [2.24, 2.45) is 20.8 Å². The Morgan fingerprint density at radius 1 is 0.929 bits per heavy atom. The molecule has 0 fully saturated rings. The Morgan fingerprint density at radius 2 is 1.68 bits per heavy atom. The second-order valence-electron chi connectivity index (χ2n) is 10.5. The van der Waals surface area contributed by atoms with Gasteiger partial charge in [-0.2, -0.15) is 0 Å². The third-order valence-electron chi connectivity index (χ3n) is 5.77. The predicted octanol–water partition coefficient (Wildman–Crippen LogP) is 5.85. The van der Waals surface area contributed by atoms with Gasteiger partial charge in [0.05, 0.1) is 0 Å². The quantitative estimate of drug-likeness (QED) is 0.624. The lowest BCUT2D eigenvalue weighted by Gasteiger charge is -2.28. The van der Waals surface area contributed by atoms with Crippen molar-refractivity contribution in [1.82, 2.24) is 9.97 Å². The highest BCUT2D eigenvalue weighted by Gasteiger charge is 2.32. The number of nitrogens with zero attached hydrogens (tertiary/aromatic N) is 4. The summed E-state index contributed by atoms with van der Waals surface area (Å²) < 4.78 is 0. The fraction of sp³-hybridized carbons (Fsp3) is 0.583. The van der Waals surface area contributed by atoms with Crippen LogP contribution < -0.4 is 0 Å². The summed E-state index contributed by atoms with van der Waals surface area (Å²) in [6.45, 7) is 15.6. The summed E-state index contributed by atoms with van der Waals surface area (Å²) in [7, 11) is 0. The van der Waals surface area contributed by atoms with Crippen LogP contribution in [-0.2, 0) is 11.8 Å². The van der Waals surface area contributed by atoms with Gasteiger partial charge in [0.1, 0.15) is 5.82 Å². The van der Waals surface area contributed by atoms with Crippen LogP contribution in [0.2, 0.25) is 0 Å². The molecule has 0 amide bonds. The SMILES string of the molecule is CC(C)(CC1=CN=C(C(C)(C)Cc2ccnc(C(C)(C)C)n2)C1)C1=CN=CC1. The van der Waals surface area contributed by atoms with Gasteiger partial charge in [-0.15, -0.1) is 0 Å². The van der Waals surface area contributed by atoms with E-state index < -0.39 is 0 Å². The van der Waals surface area contributed by atoms with Crippen LogP contribution in [0.1, 0.15) is 79.2 Å². The maximum Gasteiger partial charge on any atom is 0.133 e. The largest absolute Gasteiger partial charge is 0.269 e. The van der Waals surface area contributed by atoms with Crippen molar-refractivity contribution in [3.63, 3.8) is 0 Å². The van der Waals surface area contributed by atoms with Gasteiger partial charge in [0.25, 0.3) is 0 Å². The van der Waals surface area contributed by atoms with E-state index in [1.165, 1.54) is 16.9 Å². The average Bonchev–Trinajstić information content (AvgIpc) is 3.25. The minimum Gasteiger partial charge on any atom is -0.269 e. The highest BCUT2D eigenvalue weighted by atomic mass is 14.9. The highest BCUT2D eigenvalue weighted by molar-refractivity contribution is 5.94. The molecule has 4 heteroatoms. The van der Waals surface area contributed by atoms with Crippen LogP contribution in [0.15, 0.2) is 45.8 Å². The summed E-state index contributed by atoms with van der Waals surface area (Å²) in [6.07, 6.45) is 11.9. The van der Waals surface area contributed by atoms with Crippen molar-refractivity contribution in [3.8, 4) is 0 Å². The molecule has 2 aliphatic rings. The lowest BCUT2D eigenvalue weighted by Crippen LogP contribution is -2.27. The van der Waals surface area contributed by atoms with Gasteiger partial charge in [-0.25, -0.2) is 9.97 Å². The lowest BCUT2D eigenvalue weighted by molar-refractivity contribution is 0.434. The van der Waals surface area contributed by atoms with E-state index in [1.807, 2.05) is 24.7 Å². The summed E-state index contributed by atoms with van der Waals surface area (Å²) in [6, 6.07) is 2.04. The zero-order valence-corrected chi connectivity index (χ0v) is 18.5. The molecule has 3 heterocycles. The maximum atomic E-state index is 4.83. The predicted molar refractivity (Wildman–Crippen MR) is 118 cm³/mol. The van der Waals surface area contributed by atoms with Crippen LogP contribution in [0.4, 0.5) is 0 Å². The molecule has 0 N–H and O–H groups in total. The monoisotopic (exact) mass is 378 g/mol. The van der Waals surface area contributed by atoms with E-state index in [9.17, 15) is 0 Å². The first-order chi connectivity index (χ1) is 13.0. The molecular formula is C24H34N4. The smallest absolute Gasteiger partial charge is 0.133 e. The summed E-state index contributed by atoms with van der Waals surface area (Å²) in [4.78, 5) is 18.4. The Morgan fingerprint density at radius 3 is 2.32 bits per heavy atom. The highest BCUT2D eigenvalue weighted by Crippen LogP contribution is 2.40. The first-order valence-corrected chi connectivity index (χ1v) is 10.3. The molecule has 0 bridgehead atoms. The molecule has 0 aromatic carbocycles. The van der Waals surface area contributed by atoms with E-state index >= 15 is 0 Å². The molecule has 3 rings (SSSR count). The summed E-state index contributed by atoms with van der Waals surface area (Å²) in [5, 5.41) is 0. The number of aliphatic imine (C=N–C) groups is 2. The standard InChI is InChI=1S/C24H34N4/c1-22(2,3)21-26-11-9-19(28-21)14-24(6,7)20-12-17(15-27-20)13-23(4,5)18-8-10-25-16-18/h9-11,15-16H,8,12-14H2,1-7H3. The third-order valence-corrected chi connectivity index (χ3v) is 5.77. The fourth-order valence-electron chi connectivity index (χ4n) is 3.89. The van der Waals surface area contributed by atoms with Gasteiger partial charge >= 0.3 is 0 Å². The molecule has 0 saturated heterocycles. The molecule has 0 spiro atoms. The van der Waals surface area contributed by atoms with E-state index in [0.29, 0.717) is 0 Å². The van der Waals surface area contributed by atoms with Crippen molar-refractivity contribution in [2.45, 2.75) is 79.6 Å². The molecular weight excluding hydrogens is 344 g/mol. The first-order valence-electron chi connectivity index (χ1n) is 10.3. The third kappa shape index (κ3) is 4.65. The first kappa shape index (κ1) is 20.6. The van der Waals surface area contributed by atoms with Crippen molar-refractivity contribution in [2.75, 3.05) is 0 Å². The minimum atomic E-state index is -0.0377. The Kier molecular flexibility index (Phi) is 5.44. The normalized spacial score (nSPS) is 17.6. The van der Waals surface area contributed by atoms with Crippen LogP contribution in [0.5, 0.6) is 0 Å². The number of aromatic nitrogens is 2. The molecule has 0 unspecified atom stereocenters. The Labute approximate surface area is 170 Å². The second-order valence-corrected chi connectivity index (χ2v) is 10.5. The van der Waals surface area contributed by atoms with Crippen molar-refractivity contribution >= 4 is 11.9 Å². The number of allylic oxidation sites excluding steroid dienone is 2. The lowest BCUT2D eigenvalue weighted by atomic mass is 9.75. The van der Waals surface area contributed by atoms with Crippen LogP contribution in [-0.4, -0.2) is 21.9 Å². The van der Waals surface area contributed by atoms with E-state index in [1.54, 1.807) is 0 Å². The van der Waals surface area contributed by atoms with Gasteiger partial charge in [-0.1, -0.05) is 48.5 Å². The Bertz CT molecular complexity index is 861. The van der Waals surface area contributed by atoms with Crippen LogP contribution in [0, 0.1) is 10.8 Å². The molecule has 0 aliphatic carbocycles. The second kappa shape index (κ2) is 7.38. The van der Waals surface area contributed by atoms with Crippen molar-refractivity contribution in [1.29, 1.82) is 0 Å². The molecule has 0 radical (unpaired) electrons. The summed E-state index contributed by atoms with van der Waals surface area (Å²) >= 11 is 0. The summed E-state index contributed by atoms with van der Waals surface area (Å²) in [5.41, 5.74) is 5.24. The van der Waals surface area contributed by atoms with Crippen molar-refractivity contribution in [3.05, 3.63) is 47.3 Å². The van der Waals surface area contributed by atoms with Crippen molar-refractivity contribution < 1.29 is 0 Å². The van der Waals surface area contributed by atoms with E-state index in [2.05, 4.69) is 64.6 Å². The van der Waals surface area contributed by atoms with Gasteiger partial charge in [0, 0.05) is 66.3 Å². The summed E-state index contributed by atoms with van der Waals surface area (Å²) in [5.74, 6) is 0.904. The fourth-order valence-corrected chi connectivity index (χ4v) is 3.89. The van der Waals surface area contributed by atoms with E-state index in [-0.39, 0.29) is 16.2 Å². The number of rotatable bonds is 6. The van der Waals surface area contributed by atoms with E-state index in [4.69, 9.17) is 9.98 Å². The number of hydrogen-bond donors (Lipinski definition) is 0. The molecule has 1 aromatic rings. The van der Waals surface area contributed by atoms with Crippen LogP contribution >= 0.6 is 0 Å². The molecule has 28 heavy (non-hydrogen) atoms. The number of hydrogen-bond acceptors (Lipinski definition) is 4. The zero-order valence-electron chi connectivity index (χ0n) is 18.5. The molecule has 150 valence electrons. The Balaban J connectivity index is 1.65. The molecule has 1 aromatic heterocycles. The maximum absolute atomic E-state index is 4.83. The van der Waals surface area contributed by atoms with Crippen LogP contribution in [0.3, 0.4) is 0 Å².